The Hall–Kier alpha value is -0.550. The first-order chi connectivity index (χ1) is 8.14. The van der Waals surface area contributed by atoms with Crippen LogP contribution in [0.5, 0.6) is 0 Å². The van der Waals surface area contributed by atoms with Crippen molar-refractivity contribution in [3.63, 3.8) is 0 Å². The number of rotatable bonds is 4. The molecule has 0 aliphatic heterocycles. The van der Waals surface area contributed by atoms with Gasteiger partial charge in [-0.05, 0) is 37.4 Å². The van der Waals surface area contributed by atoms with Gasteiger partial charge < -0.3 is 10.3 Å². The minimum absolute atomic E-state index is 0.380. The van der Waals surface area contributed by atoms with Gasteiger partial charge in [0.1, 0.15) is 0 Å². The molecule has 1 aromatic heterocycles. The summed E-state index contributed by atoms with van der Waals surface area (Å²) in [6.07, 6.45) is 4.21. The lowest BCUT2D eigenvalue weighted by Gasteiger charge is -2.32. The van der Waals surface area contributed by atoms with Gasteiger partial charge >= 0.3 is 0 Å². The molecule has 0 atom stereocenters. The van der Waals surface area contributed by atoms with Crippen molar-refractivity contribution in [2.45, 2.75) is 50.8 Å². The number of hydrogen-bond donors (Lipinski definition) is 1. The molecule has 5 heteroatoms. The van der Waals surface area contributed by atoms with Crippen molar-refractivity contribution >= 4 is 11.8 Å². The minimum atomic E-state index is -0.380. The van der Waals surface area contributed by atoms with Crippen molar-refractivity contribution in [2.24, 2.45) is 11.7 Å². The fourth-order valence-corrected chi connectivity index (χ4v) is 2.70. The highest BCUT2D eigenvalue weighted by Crippen LogP contribution is 2.36. The molecule has 0 spiro atoms. The molecule has 0 aromatic carbocycles. The standard InChI is InChI=1S/C12H21N3OS/c1-3-17-8-10-14-11(16-15-10)12(13)6-4-9(2)5-7-12/h9H,3-8,13H2,1-2H3. The Balaban J connectivity index is 2.03. The number of nitrogens with zero attached hydrogens (tertiary/aromatic N) is 2. The Morgan fingerprint density at radius 2 is 2.18 bits per heavy atom. The molecule has 1 fully saturated rings. The molecule has 2 rings (SSSR count). The lowest BCUT2D eigenvalue weighted by atomic mass is 9.78. The highest BCUT2D eigenvalue weighted by Gasteiger charge is 2.36. The summed E-state index contributed by atoms with van der Waals surface area (Å²) in [5, 5.41) is 4.01. The molecule has 1 saturated carbocycles. The van der Waals surface area contributed by atoms with Crippen LogP contribution in [0.4, 0.5) is 0 Å². The third kappa shape index (κ3) is 3.01. The first kappa shape index (κ1) is 12.9. The van der Waals surface area contributed by atoms with Crippen LogP contribution in [0, 0.1) is 5.92 Å². The van der Waals surface area contributed by atoms with Crippen molar-refractivity contribution in [2.75, 3.05) is 5.75 Å². The summed E-state index contributed by atoms with van der Waals surface area (Å²) in [5.41, 5.74) is 6.00. The van der Waals surface area contributed by atoms with Crippen LogP contribution in [0.3, 0.4) is 0 Å². The zero-order valence-corrected chi connectivity index (χ0v) is 11.4. The Bertz CT molecular complexity index is 358. The molecule has 0 unspecified atom stereocenters. The van der Waals surface area contributed by atoms with E-state index >= 15 is 0 Å². The largest absolute Gasteiger partial charge is 0.337 e. The second-order valence-corrected chi connectivity index (χ2v) is 6.27. The number of hydrogen-bond acceptors (Lipinski definition) is 5. The van der Waals surface area contributed by atoms with E-state index in [1.807, 2.05) is 0 Å². The number of aromatic nitrogens is 2. The molecule has 0 saturated heterocycles. The van der Waals surface area contributed by atoms with Gasteiger partial charge in [-0.3, -0.25) is 0 Å². The van der Waals surface area contributed by atoms with Gasteiger partial charge in [0.15, 0.2) is 5.82 Å². The maximum Gasteiger partial charge on any atom is 0.246 e. The molecule has 96 valence electrons. The van der Waals surface area contributed by atoms with Gasteiger partial charge in [0.05, 0.1) is 11.3 Å². The Morgan fingerprint density at radius 3 is 2.82 bits per heavy atom. The third-order valence-electron chi connectivity index (χ3n) is 3.50. The molecule has 0 amide bonds. The molecule has 17 heavy (non-hydrogen) atoms. The first-order valence-electron chi connectivity index (χ1n) is 6.34. The summed E-state index contributed by atoms with van der Waals surface area (Å²) in [5.74, 6) is 4.05. The van der Waals surface area contributed by atoms with Gasteiger partial charge in [0, 0.05) is 0 Å². The summed E-state index contributed by atoms with van der Waals surface area (Å²) in [6.45, 7) is 4.40. The minimum Gasteiger partial charge on any atom is -0.337 e. The maximum absolute atomic E-state index is 6.38. The zero-order valence-electron chi connectivity index (χ0n) is 10.6. The summed E-state index contributed by atoms with van der Waals surface area (Å²) < 4.78 is 5.34. The van der Waals surface area contributed by atoms with E-state index in [2.05, 4.69) is 24.0 Å². The monoisotopic (exact) mass is 255 g/mol. The summed E-state index contributed by atoms with van der Waals surface area (Å²) in [7, 11) is 0. The van der Waals surface area contributed by atoms with Crippen LogP contribution in [0.1, 0.15) is 51.2 Å². The Morgan fingerprint density at radius 1 is 1.47 bits per heavy atom. The van der Waals surface area contributed by atoms with Gasteiger partial charge in [0.2, 0.25) is 5.89 Å². The van der Waals surface area contributed by atoms with Crippen LogP contribution in [0.25, 0.3) is 0 Å². The third-order valence-corrected chi connectivity index (χ3v) is 4.37. The molecule has 1 aliphatic carbocycles. The van der Waals surface area contributed by atoms with E-state index in [0.29, 0.717) is 5.89 Å². The SMILES string of the molecule is CCSCc1noc(C2(N)CCC(C)CC2)n1. The lowest BCUT2D eigenvalue weighted by Crippen LogP contribution is -2.40. The molecule has 1 aliphatic rings. The lowest BCUT2D eigenvalue weighted by molar-refractivity contribution is 0.190. The average Bonchev–Trinajstić information content (AvgIpc) is 2.80. The topological polar surface area (TPSA) is 64.9 Å². The second-order valence-electron chi connectivity index (χ2n) is 4.99. The predicted molar refractivity (Wildman–Crippen MR) is 69.6 cm³/mol. The van der Waals surface area contributed by atoms with Crippen LogP contribution in [-0.4, -0.2) is 15.9 Å². The van der Waals surface area contributed by atoms with Gasteiger partial charge in [0.25, 0.3) is 0 Å². The van der Waals surface area contributed by atoms with Gasteiger partial charge in [-0.2, -0.15) is 16.7 Å². The molecule has 0 bridgehead atoms. The average molecular weight is 255 g/mol. The van der Waals surface area contributed by atoms with E-state index in [0.717, 1.165) is 48.9 Å². The van der Waals surface area contributed by atoms with E-state index < -0.39 is 0 Å². The smallest absolute Gasteiger partial charge is 0.246 e. The fourth-order valence-electron chi connectivity index (χ4n) is 2.20. The first-order valence-corrected chi connectivity index (χ1v) is 7.49. The molecular weight excluding hydrogens is 234 g/mol. The van der Waals surface area contributed by atoms with Crippen LogP contribution in [-0.2, 0) is 11.3 Å². The summed E-state index contributed by atoms with van der Waals surface area (Å²) in [4.78, 5) is 4.44. The summed E-state index contributed by atoms with van der Waals surface area (Å²) >= 11 is 1.79. The van der Waals surface area contributed by atoms with Crippen LogP contribution >= 0.6 is 11.8 Å². The molecule has 2 N–H and O–H groups in total. The highest BCUT2D eigenvalue weighted by atomic mass is 32.2. The van der Waals surface area contributed by atoms with E-state index in [-0.39, 0.29) is 5.54 Å². The molecular formula is C12H21N3OS. The van der Waals surface area contributed by atoms with Gasteiger partial charge in [-0.15, -0.1) is 0 Å². The normalized spacial score (nSPS) is 29.5. The van der Waals surface area contributed by atoms with E-state index in [9.17, 15) is 0 Å². The van der Waals surface area contributed by atoms with E-state index in [4.69, 9.17) is 10.3 Å². The molecule has 1 aromatic rings. The quantitative estimate of drug-likeness (QED) is 0.896. The fraction of sp³-hybridized carbons (Fsp3) is 0.833. The Labute approximate surface area is 107 Å². The van der Waals surface area contributed by atoms with Crippen molar-refractivity contribution in [1.82, 2.24) is 10.1 Å². The van der Waals surface area contributed by atoms with Crippen LogP contribution in [0.2, 0.25) is 0 Å². The highest BCUT2D eigenvalue weighted by molar-refractivity contribution is 7.98. The predicted octanol–water partition coefficient (Wildman–Crippen LogP) is 2.69. The van der Waals surface area contributed by atoms with Crippen LogP contribution < -0.4 is 5.73 Å². The molecule has 0 radical (unpaired) electrons. The van der Waals surface area contributed by atoms with E-state index in [1.54, 1.807) is 11.8 Å². The van der Waals surface area contributed by atoms with Crippen LogP contribution in [0.15, 0.2) is 4.52 Å². The van der Waals surface area contributed by atoms with Gasteiger partial charge in [-0.1, -0.05) is 19.0 Å². The molecule has 1 heterocycles. The van der Waals surface area contributed by atoms with E-state index in [1.165, 1.54) is 0 Å². The van der Waals surface area contributed by atoms with Crippen molar-refractivity contribution in [3.05, 3.63) is 11.7 Å². The van der Waals surface area contributed by atoms with Crippen molar-refractivity contribution in [3.8, 4) is 0 Å². The van der Waals surface area contributed by atoms with Crippen molar-refractivity contribution in [1.29, 1.82) is 0 Å². The second kappa shape index (κ2) is 5.40. The number of nitrogens with two attached hydrogens (primary N) is 1. The van der Waals surface area contributed by atoms with Gasteiger partial charge in [-0.25, -0.2) is 0 Å². The number of thioether (sulfide) groups is 1. The summed E-state index contributed by atoms with van der Waals surface area (Å²) in [6, 6.07) is 0. The zero-order chi connectivity index (χ0) is 12.3. The molecule has 4 nitrogen and oxygen atoms in total. The van der Waals surface area contributed by atoms with Crippen molar-refractivity contribution < 1.29 is 4.52 Å². The maximum atomic E-state index is 6.38. The Kier molecular flexibility index (Phi) is 4.09.